The van der Waals surface area contributed by atoms with Crippen molar-refractivity contribution in [2.75, 3.05) is 26.2 Å². The fraction of sp³-hybridized carbons (Fsp3) is 0.273. The molecular formula is C22H22ClFN2. The smallest absolute Gasteiger partial charge is 0.129 e. The summed E-state index contributed by atoms with van der Waals surface area (Å²) >= 11 is 6.16. The Bertz CT molecular complexity index is 878. The fourth-order valence-corrected chi connectivity index (χ4v) is 3.91. The molecule has 0 N–H and O–H groups in total. The zero-order valence-corrected chi connectivity index (χ0v) is 15.4. The van der Waals surface area contributed by atoms with Crippen LogP contribution in [0.1, 0.15) is 11.1 Å². The van der Waals surface area contributed by atoms with Crippen molar-refractivity contribution >= 4 is 22.4 Å². The van der Waals surface area contributed by atoms with E-state index < -0.39 is 0 Å². The van der Waals surface area contributed by atoms with Gasteiger partial charge in [0.25, 0.3) is 0 Å². The molecule has 4 rings (SSSR count). The molecule has 0 saturated carbocycles. The lowest BCUT2D eigenvalue weighted by molar-refractivity contribution is 0.121. The quantitative estimate of drug-likeness (QED) is 0.642. The lowest BCUT2D eigenvalue weighted by Gasteiger charge is -2.35. The molecule has 1 saturated heterocycles. The van der Waals surface area contributed by atoms with E-state index in [0.29, 0.717) is 17.1 Å². The molecule has 1 aliphatic heterocycles. The zero-order valence-electron chi connectivity index (χ0n) is 14.7. The predicted octanol–water partition coefficient (Wildman–Crippen LogP) is 4.95. The molecule has 1 fully saturated rings. The van der Waals surface area contributed by atoms with Crippen molar-refractivity contribution in [3.05, 3.63) is 82.6 Å². The van der Waals surface area contributed by atoms with Gasteiger partial charge in [0, 0.05) is 49.9 Å². The summed E-state index contributed by atoms with van der Waals surface area (Å²) in [5, 5.41) is 3.14. The first-order valence-electron chi connectivity index (χ1n) is 9.05. The molecule has 0 aromatic heterocycles. The zero-order chi connectivity index (χ0) is 17.9. The van der Waals surface area contributed by atoms with Crippen molar-refractivity contribution < 1.29 is 4.39 Å². The summed E-state index contributed by atoms with van der Waals surface area (Å²) in [6.07, 6.45) is 0. The van der Waals surface area contributed by atoms with Crippen LogP contribution in [0, 0.1) is 5.82 Å². The van der Waals surface area contributed by atoms with Crippen LogP contribution in [0.2, 0.25) is 5.02 Å². The van der Waals surface area contributed by atoms with Gasteiger partial charge in [-0.1, -0.05) is 60.1 Å². The van der Waals surface area contributed by atoms with E-state index in [9.17, 15) is 4.39 Å². The number of benzene rings is 3. The van der Waals surface area contributed by atoms with Gasteiger partial charge in [-0.2, -0.15) is 0 Å². The molecule has 0 spiro atoms. The maximum absolute atomic E-state index is 14.0. The highest BCUT2D eigenvalue weighted by Gasteiger charge is 2.19. The van der Waals surface area contributed by atoms with Crippen LogP contribution in [0.5, 0.6) is 0 Å². The van der Waals surface area contributed by atoms with Crippen LogP contribution >= 0.6 is 11.6 Å². The van der Waals surface area contributed by atoms with Crippen molar-refractivity contribution in [3.8, 4) is 0 Å². The maximum Gasteiger partial charge on any atom is 0.129 e. The third-order valence-electron chi connectivity index (χ3n) is 5.18. The number of rotatable bonds is 4. The molecule has 0 radical (unpaired) electrons. The second-order valence-corrected chi connectivity index (χ2v) is 7.30. The Morgan fingerprint density at radius 3 is 2.19 bits per heavy atom. The summed E-state index contributed by atoms with van der Waals surface area (Å²) in [6, 6.07) is 19.9. The summed E-state index contributed by atoms with van der Waals surface area (Å²) in [4.78, 5) is 4.76. The molecule has 134 valence electrons. The average molecular weight is 369 g/mol. The highest BCUT2D eigenvalue weighted by Crippen LogP contribution is 2.23. The van der Waals surface area contributed by atoms with Crippen LogP contribution < -0.4 is 0 Å². The number of hydrogen-bond acceptors (Lipinski definition) is 2. The molecule has 26 heavy (non-hydrogen) atoms. The minimum Gasteiger partial charge on any atom is -0.297 e. The lowest BCUT2D eigenvalue weighted by Crippen LogP contribution is -2.45. The Morgan fingerprint density at radius 1 is 0.769 bits per heavy atom. The summed E-state index contributed by atoms with van der Waals surface area (Å²) in [7, 11) is 0. The molecule has 1 aliphatic rings. The Kier molecular flexibility index (Phi) is 5.21. The van der Waals surface area contributed by atoms with E-state index in [1.54, 1.807) is 12.1 Å². The van der Waals surface area contributed by atoms with Crippen LogP contribution in [0.15, 0.2) is 60.7 Å². The molecule has 4 heteroatoms. The monoisotopic (exact) mass is 368 g/mol. The van der Waals surface area contributed by atoms with E-state index >= 15 is 0 Å². The SMILES string of the molecule is Fc1cccc(Cl)c1CN1CCN(Cc2cccc3ccccc23)CC1. The second kappa shape index (κ2) is 7.75. The normalized spacial score (nSPS) is 16.2. The fourth-order valence-electron chi connectivity index (χ4n) is 3.68. The van der Waals surface area contributed by atoms with Gasteiger partial charge in [-0.15, -0.1) is 0 Å². The van der Waals surface area contributed by atoms with E-state index in [-0.39, 0.29) is 5.82 Å². The van der Waals surface area contributed by atoms with E-state index in [0.717, 1.165) is 32.7 Å². The van der Waals surface area contributed by atoms with Crippen LogP contribution in [0.3, 0.4) is 0 Å². The standard InChI is InChI=1S/C22H22ClFN2/c23-21-9-4-10-22(24)20(21)16-26-13-11-25(12-14-26)15-18-7-3-6-17-5-1-2-8-19(17)18/h1-10H,11-16H2. The van der Waals surface area contributed by atoms with E-state index in [1.807, 2.05) is 0 Å². The molecule has 0 aliphatic carbocycles. The average Bonchev–Trinajstić information content (AvgIpc) is 2.66. The van der Waals surface area contributed by atoms with Crippen LogP contribution in [-0.4, -0.2) is 36.0 Å². The largest absolute Gasteiger partial charge is 0.297 e. The molecule has 1 heterocycles. The lowest BCUT2D eigenvalue weighted by atomic mass is 10.0. The number of piperazine rings is 1. The van der Waals surface area contributed by atoms with Crippen LogP contribution in [-0.2, 0) is 13.1 Å². The first-order chi connectivity index (χ1) is 12.7. The molecule has 2 nitrogen and oxygen atoms in total. The molecule has 3 aromatic rings. The third kappa shape index (κ3) is 3.75. The molecule has 0 atom stereocenters. The van der Waals surface area contributed by atoms with Gasteiger partial charge in [-0.3, -0.25) is 9.80 Å². The Balaban J connectivity index is 1.39. The van der Waals surface area contributed by atoms with E-state index in [1.165, 1.54) is 22.4 Å². The first-order valence-corrected chi connectivity index (χ1v) is 9.43. The summed E-state index contributed by atoms with van der Waals surface area (Å²) < 4.78 is 14.0. The van der Waals surface area contributed by atoms with Crippen molar-refractivity contribution in [2.24, 2.45) is 0 Å². The third-order valence-corrected chi connectivity index (χ3v) is 5.54. The first kappa shape index (κ1) is 17.5. The van der Waals surface area contributed by atoms with E-state index in [4.69, 9.17) is 11.6 Å². The molecule has 3 aromatic carbocycles. The van der Waals surface area contributed by atoms with Gasteiger partial charge in [0.1, 0.15) is 5.82 Å². The summed E-state index contributed by atoms with van der Waals surface area (Å²) in [5.74, 6) is -0.212. The topological polar surface area (TPSA) is 6.48 Å². The number of hydrogen-bond donors (Lipinski definition) is 0. The van der Waals surface area contributed by atoms with Crippen LogP contribution in [0.4, 0.5) is 4.39 Å². The van der Waals surface area contributed by atoms with Crippen molar-refractivity contribution in [1.29, 1.82) is 0 Å². The Labute approximate surface area is 158 Å². The Hall–Kier alpha value is -1.94. The van der Waals surface area contributed by atoms with Gasteiger partial charge in [-0.05, 0) is 28.5 Å². The van der Waals surface area contributed by atoms with Crippen molar-refractivity contribution in [2.45, 2.75) is 13.1 Å². The number of fused-ring (bicyclic) bond motifs is 1. The molecule has 0 amide bonds. The number of nitrogens with zero attached hydrogens (tertiary/aromatic N) is 2. The van der Waals surface area contributed by atoms with E-state index in [2.05, 4.69) is 52.3 Å². The molecule has 0 unspecified atom stereocenters. The number of halogens is 2. The summed E-state index contributed by atoms with van der Waals surface area (Å²) in [6.45, 7) is 5.35. The molecule has 0 bridgehead atoms. The summed E-state index contributed by atoms with van der Waals surface area (Å²) in [5.41, 5.74) is 1.98. The van der Waals surface area contributed by atoms with Crippen LogP contribution in [0.25, 0.3) is 10.8 Å². The Morgan fingerprint density at radius 2 is 1.42 bits per heavy atom. The predicted molar refractivity (Wildman–Crippen MR) is 106 cm³/mol. The second-order valence-electron chi connectivity index (χ2n) is 6.89. The van der Waals surface area contributed by atoms with Crippen molar-refractivity contribution in [1.82, 2.24) is 9.80 Å². The highest BCUT2D eigenvalue weighted by atomic mass is 35.5. The van der Waals surface area contributed by atoms with Gasteiger partial charge >= 0.3 is 0 Å². The van der Waals surface area contributed by atoms with Gasteiger partial charge < -0.3 is 0 Å². The molecular weight excluding hydrogens is 347 g/mol. The highest BCUT2D eigenvalue weighted by molar-refractivity contribution is 6.31. The van der Waals surface area contributed by atoms with Gasteiger partial charge in [0.2, 0.25) is 0 Å². The van der Waals surface area contributed by atoms with Crippen molar-refractivity contribution in [3.63, 3.8) is 0 Å². The van der Waals surface area contributed by atoms with Gasteiger partial charge in [0.05, 0.1) is 0 Å². The maximum atomic E-state index is 14.0. The minimum absolute atomic E-state index is 0.212. The van der Waals surface area contributed by atoms with Gasteiger partial charge in [-0.25, -0.2) is 4.39 Å². The minimum atomic E-state index is -0.212. The van der Waals surface area contributed by atoms with Gasteiger partial charge in [0.15, 0.2) is 0 Å².